The Kier molecular flexibility index (Phi) is 3.91. The predicted molar refractivity (Wildman–Crippen MR) is 73.9 cm³/mol. The number of hydrogen-bond donors (Lipinski definition) is 1. The molecule has 6 heteroatoms. The van der Waals surface area contributed by atoms with Gasteiger partial charge in [-0.15, -0.1) is 5.10 Å². The van der Waals surface area contributed by atoms with Crippen molar-refractivity contribution in [2.24, 2.45) is 5.92 Å². The minimum absolute atomic E-state index is 0.445. The molecule has 3 rings (SSSR count). The molecule has 0 fully saturated rings. The third-order valence-electron chi connectivity index (χ3n) is 3.40. The van der Waals surface area contributed by atoms with Crippen LogP contribution in [0.2, 0.25) is 0 Å². The van der Waals surface area contributed by atoms with Crippen LogP contribution in [0, 0.1) is 12.8 Å². The van der Waals surface area contributed by atoms with E-state index in [1.54, 1.807) is 11.3 Å². The van der Waals surface area contributed by atoms with Gasteiger partial charge in [0.15, 0.2) is 0 Å². The topological polar surface area (TPSA) is 52.0 Å². The lowest BCUT2D eigenvalue weighted by Crippen LogP contribution is -2.28. The van der Waals surface area contributed by atoms with Crippen LogP contribution in [0.1, 0.15) is 17.0 Å². The van der Waals surface area contributed by atoms with Crippen LogP contribution in [0.3, 0.4) is 0 Å². The molecule has 0 spiro atoms. The van der Waals surface area contributed by atoms with Gasteiger partial charge in [-0.2, -0.15) is 11.3 Å². The predicted octanol–water partition coefficient (Wildman–Crippen LogP) is 1.58. The first-order valence-corrected chi connectivity index (χ1v) is 7.45. The van der Waals surface area contributed by atoms with Crippen LogP contribution in [-0.4, -0.2) is 28.1 Å². The fourth-order valence-corrected chi connectivity index (χ4v) is 2.97. The molecule has 3 heterocycles. The average molecular weight is 278 g/mol. The van der Waals surface area contributed by atoms with E-state index in [2.05, 4.69) is 32.5 Å². The second-order valence-corrected chi connectivity index (χ2v) is 5.73. The summed E-state index contributed by atoms with van der Waals surface area (Å²) in [5, 5.41) is 16.1. The number of thiophene rings is 1. The summed E-state index contributed by atoms with van der Waals surface area (Å²) in [6, 6.07) is 2.15. The van der Waals surface area contributed by atoms with Crippen LogP contribution in [0.15, 0.2) is 16.8 Å². The molecular formula is C13H18N4OS. The largest absolute Gasteiger partial charge is 0.375 e. The van der Waals surface area contributed by atoms with Gasteiger partial charge < -0.3 is 10.1 Å². The summed E-state index contributed by atoms with van der Waals surface area (Å²) >= 11 is 1.74. The summed E-state index contributed by atoms with van der Waals surface area (Å²) in [5.74, 6) is 0.445. The van der Waals surface area contributed by atoms with E-state index in [9.17, 15) is 0 Å². The Morgan fingerprint density at radius 3 is 3.37 bits per heavy atom. The highest BCUT2D eigenvalue weighted by Crippen LogP contribution is 2.14. The van der Waals surface area contributed by atoms with Gasteiger partial charge in [0, 0.05) is 25.6 Å². The van der Waals surface area contributed by atoms with Crippen LogP contribution in [0.5, 0.6) is 0 Å². The number of rotatable bonds is 4. The van der Waals surface area contributed by atoms with E-state index in [1.807, 2.05) is 11.6 Å². The molecule has 0 saturated heterocycles. The average Bonchev–Trinajstić information content (AvgIpc) is 2.97. The molecule has 1 aliphatic heterocycles. The van der Waals surface area contributed by atoms with Crippen molar-refractivity contribution in [3.8, 4) is 0 Å². The van der Waals surface area contributed by atoms with E-state index in [1.165, 1.54) is 5.56 Å². The number of ether oxygens (including phenoxy) is 1. The summed E-state index contributed by atoms with van der Waals surface area (Å²) in [6.07, 6.45) is 0. The van der Waals surface area contributed by atoms with Crippen molar-refractivity contribution in [2.75, 3.05) is 13.2 Å². The van der Waals surface area contributed by atoms with E-state index >= 15 is 0 Å². The van der Waals surface area contributed by atoms with Gasteiger partial charge in [0.1, 0.15) is 0 Å². The van der Waals surface area contributed by atoms with E-state index in [4.69, 9.17) is 4.74 Å². The molecule has 0 saturated carbocycles. The Bertz CT molecular complexity index is 523. The van der Waals surface area contributed by atoms with Gasteiger partial charge in [0.05, 0.1) is 24.6 Å². The fraction of sp³-hybridized carbons (Fsp3) is 0.538. The SMILES string of the molecule is Cc1nnn2c1COCC(CNCc1ccsc1)C2. The van der Waals surface area contributed by atoms with Gasteiger partial charge in [-0.1, -0.05) is 5.21 Å². The molecule has 1 N–H and O–H groups in total. The highest BCUT2D eigenvalue weighted by atomic mass is 32.1. The van der Waals surface area contributed by atoms with Crippen LogP contribution in [0.4, 0.5) is 0 Å². The van der Waals surface area contributed by atoms with E-state index in [0.717, 1.165) is 37.6 Å². The highest BCUT2D eigenvalue weighted by molar-refractivity contribution is 7.07. The molecule has 1 unspecified atom stereocenters. The quantitative estimate of drug-likeness (QED) is 0.922. The number of aryl methyl sites for hydroxylation is 1. The standard InChI is InChI=1S/C13H18N4OS/c1-10-13-8-18-7-12(6-17(13)16-15-10)5-14-4-11-2-3-19-9-11/h2-3,9,12,14H,4-8H2,1H3. The zero-order chi connectivity index (χ0) is 13.1. The maximum atomic E-state index is 5.72. The second-order valence-electron chi connectivity index (χ2n) is 4.95. The monoisotopic (exact) mass is 278 g/mol. The number of nitrogens with one attached hydrogen (secondary N) is 1. The molecule has 0 radical (unpaired) electrons. The molecule has 5 nitrogen and oxygen atoms in total. The fourth-order valence-electron chi connectivity index (χ4n) is 2.30. The van der Waals surface area contributed by atoms with Crippen molar-refractivity contribution in [1.82, 2.24) is 20.3 Å². The Labute approximate surface area is 116 Å². The maximum Gasteiger partial charge on any atom is 0.0904 e. The second kappa shape index (κ2) is 5.81. The Morgan fingerprint density at radius 1 is 1.58 bits per heavy atom. The minimum Gasteiger partial charge on any atom is -0.375 e. The van der Waals surface area contributed by atoms with E-state index in [-0.39, 0.29) is 0 Å². The first-order chi connectivity index (χ1) is 9.33. The van der Waals surface area contributed by atoms with Crippen LogP contribution >= 0.6 is 11.3 Å². The van der Waals surface area contributed by atoms with Gasteiger partial charge in [-0.25, -0.2) is 4.68 Å². The number of nitrogens with zero attached hydrogens (tertiary/aromatic N) is 3. The minimum atomic E-state index is 0.445. The Morgan fingerprint density at radius 2 is 2.53 bits per heavy atom. The van der Waals surface area contributed by atoms with Gasteiger partial charge in [-0.05, 0) is 29.3 Å². The first kappa shape index (κ1) is 12.8. The van der Waals surface area contributed by atoms with E-state index < -0.39 is 0 Å². The van der Waals surface area contributed by atoms with Crippen molar-refractivity contribution in [3.63, 3.8) is 0 Å². The van der Waals surface area contributed by atoms with Crippen molar-refractivity contribution in [2.45, 2.75) is 26.6 Å². The maximum absolute atomic E-state index is 5.72. The molecule has 102 valence electrons. The molecular weight excluding hydrogens is 260 g/mol. The molecule has 19 heavy (non-hydrogen) atoms. The zero-order valence-corrected chi connectivity index (χ0v) is 11.8. The van der Waals surface area contributed by atoms with Gasteiger partial charge in [0.2, 0.25) is 0 Å². The first-order valence-electron chi connectivity index (χ1n) is 6.51. The van der Waals surface area contributed by atoms with Crippen LogP contribution in [0.25, 0.3) is 0 Å². The van der Waals surface area contributed by atoms with Crippen molar-refractivity contribution in [3.05, 3.63) is 33.8 Å². The van der Waals surface area contributed by atoms with Gasteiger partial charge in [0.25, 0.3) is 0 Å². The Hall–Kier alpha value is -1.24. The summed E-state index contributed by atoms with van der Waals surface area (Å²) < 4.78 is 7.71. The third-order valence-corrected chi connectivity index (χ3v) is 4.13. The summed E-state index contributed by atoms with van der Waals surface area (Å²) in [5.41, 5.74) is 3.43. The normalized spacial score (nSPS) is 19.1. The molecule has 1 aliphatic rings. The van der Waals surface area contributed by atoms with Crippen molar-refractivity contribution in [1.29, 1.82) is 0 Å². The molecule has 2 aromatic rings. The Balaban J connectivity index is 1.54. The molecule has 0 aromatic carbocycles. The highest BCUT2D eigenvalue weighted by Gasteiger charge is 2.19. The molecule has 2 aromatic heterocycles. The molecule has 0 aliphatic carbocycles. The number of fused-ring (bicyclic) bond motifs is 1. The number of aromatic nitrogens is 3. The molecule has 1 atom stereocenters. The van der Waals surface area contributed by atoms with Crippen molar-refractivity contribution >= 4 is 11.3 Å². The smallest absolute Gasteiger partial charge is 0.0904 e. The van der Waals surface area contributed by atoms with Crippen molar-refractivity contribution < 1.29 is 4.74 Å². The van der Waals surface area contributed by atoms with Gasteiger partial charge in [-0.3, -0.25) is 0 Å². The lowest BCUT2D eigenvalue weighted by atomic mass is 10.1. The van der Waals surface area contributed by atoms with E-state index in [0.29, 0.717) is 12.5 Å². The zero-order valence-electron chi connectivity index (χ0n) is 11.0. The summed E-state index contributed by atoms with van der Waals surface area (Å²) in [4.78, 5) is 0. The van der Waals surface area contributed by atoms with Gasteiger partial charge >= 0.3 is 0 Å². The molecule has 0 amide bonds. The summed E-state index contributed by atoms with van der Waals surface area (Å²) in [6.45, 7) is 6.13. The summed E-state index contributed by atoms with van der Waals surface area (Å²) in [7, 11) is 0. The third kappa shape index (κ3) is 3.02. The number of hydrogen-bond acceptors (Lipinski definition) is 5. The molecule has 0 bridgehead atoms. The van der Waals surface area contributed by atoms with Crippen LogP contribution in [-0.2, 0) is 24.4 Å². The lowest BCUT2D eigenvalue weighted by Gasteiger charge is -2.14. The lowest BCUT2D eigenvalue weighted by molar-refractivity contribution is 0.0936. The van der Waals surface area contributed by atoms with Crippen LogP contribution < -0.4 is 5.32 Å².